The van der Waals surface area contributed by atoms with Crippen LogP contribution in [-0.4, -0.2) is 111 Å². The molecule has 0 bridgehead atoms. The zero-order valence-corrected chi connectivity index (χ0v) is 40.5. The number of aromatic nitrogens is 6. The van der Waals surface area contributed by atoms with Crippen molar-refractivity contribution in [1.82, 2.24) is 50.3 Å². The number of ether oxygens (including phenoxy) is 2. The molecule has 2 aliphatic rings. The number of methoxy groups -OCH3 is 2. The van der Waals surface area contributed by atoms with E-state index in [-0.39, 0.29) is 23.9 Å². The molecule has 6 N–H and O–H groups in total. The molecule has 10 rings (SSSR count). The van der Waals surface area contributed by atoms with Gasteiger partial charge < -0.3 is 49.8 Å². The van der Waals surface area contributed by atoms with Gasteiger partial charge in [0.2, 0.25) is 11.8 Å². The highest BCUT2D eigenvalue weighted by Crippen LogP contribution is 2.39. The predicted octanol–water partition coefficient (Wildman–Crippen LogP) is 8.83. The van der Waals surface area contributed by atoms with Crippen LogP contribution in [0.5, 0.6) is 0 Å². The lowest BCUT2D eigenvalue weighted by Gasteiger charge is -2.28. The lowest BCUT2D eigenvalue weighted by Crippen LogP contribution is -2.50. The largest absolute Gasteiger partial charge is 0.453 e. The number of nitrogens with one attached hydrogen (secondary N) is 6. The van der Waals surface area contributed by atoms with E-state index >= 15 is 0 Å². The Morgan fingerprint density at radius 2 is 1.10 bits per heavy atom. The molecular formula is C53H56N10O6Si. The third-order valence-electron chi connectivity index (χ3n) is 13.8. The maximum Gasteiger partial charge on any atom is 0.407 e. The molecule has 0 radical (unpaired) electrons. The minimum atomic E-state index is -1.85. The number of likely N-dealkylation sites (tertiary alicyclic amines) is 1. The number of benzene rings is 4. The van der Waals surface area contributed by atoms with Crippen molar-refractivity contribution in [2.24, 2.45) is 0 Å². The fourth-order valence-corrected chi connectivity index (χ4v) is 13.2. The number of carbonyl (C=O) groups is 4. The molecule has 0 spiro atoms. The molecule has 2 saturated heterocycles. The minimum Gasteiger partial charge on any atom is -0.453 e. The maximum absolute atomic E-state index is 14.5. The van der Waals surface area contributed by atoms with Crippen LogP contribution in [0.1, 0.15) is 47.7 Å². The van der Waals surface area contributed by atoms with E-state index in [1.54, 1.807) is 0 Å². The van der Waals surface area contributed by atoms with Crippen molar-refractivity contribution in [2.45, 2.75) is 69.0 Å². The first-order valence-electron chi connectivity index (χ1n) is 23.7. The molecule has 0 unspecified atom stereocenters. The standard InChI is InChI=1S/C53H56N10O6Si/c1-68-52(66)60-42(24-36-26-54-40-12-7-5-10-38(36)40)50(64)62-23-9-14-46(62)48-56-28-44(58-48)34-19-15-32(16-20-34)33-17-21-35(22-18-33)45-29-57-49(59-45)47-30-70(3,4)31-63(47)51(65)43(61-53(67)69-2)25-37-27-55-41-13-8-6-11-39(37)41/h5-8,10-13,15-22,26-29,42-43,46-47,54-55H,9,14,23-25,30-31H2,1-4H3,(H,56,58)(H,57,59)(H,60,66)(H,61,67)/t42-,43-,46+,47+/m1/s1. The second-order valence-electron chi connectivity index (χ2n) is 19.1. The average Bonchev–Trinajstić information content (AvgIpc) is 4.26. The van der Waals surface area contributed by atoms with Gasteiger partial charge in [-0.05, 0) is 64.4 Å². The molecule has 4 aromatic heterocycles. The van der Waals surface area contributed by atoms with E-state index in [0.717, 1.165) is 91.3 Å². The molecule has 4 atom stereocenters. The highest BCUT2D eigenvalue weighted by molar-refractivity contribution is 6.78. The molecule has 70 heavy (non-hydrogen) atoms. The molecule has 17 heteroatoms. The molecule has 6 heterocycles. The zero-order chi connectivity index (χ0) is 48.5. The average molecular weight is 957 g/mol. The number of hydrogen-bond donors (Lipinski definition) is 6. The van der Waals surface area contributed by atoms with Gasteiger partial charge in [0.1, 0.15) is 23.7 Å². The van der Waals surface area contributed by atoms with Crippen LogP contribution in [0.4, 0.5) is 9.59 Å². The zero-order valence-electron chi connectivity index (χ0n) is 39.5. The first-order valence-corrected chi connectivity index (χ1v) is 27.1. The van der Waals surface area contributed by atoms with E-state index in [9.17, 15) is 19.2 Å². The van der Waals surface area contributed by atoms with E-state index in [4.69, 9.17) is 19.4 Å². The highest BCUT2D eigenvalue weighted by atomic mass is 28.3. The Bertz CT molecular complexity index is 3190. The third kappa shape index (κ3) is 9.31. The number of aromatic amines is 4. The molecule has 0 aliphatic carbocycles. The van der Waals surface area contributed by atoms with Gasteiger partial charge in [-0.2, -0.15) is 0 Å². The van der Waals surface area contributed by atoms with E-state index in [1.165, 1.54) is 14.2 Å². The van der Waals surface area contributed by atoms with Crippen LogP contribution in [0.25, 0.3) is 55.4 Å². The van der Waals surface area contributed by atoms with Crippen LogP contribution in [0, 0.1) is 0 Å². The summed E-state index contributed by atoms with van der Waals surface area (Å²) < 4.78 is 9.88. The number of alkyl carbamates (subject to hydrolysis) is 2. The number of imidazole rings is 2. The lowest BCUT2D eigenvalue weighted by atomic mass is 10.0. The Morgan fingerprint density at radius 1 is 0.643 bits per heavy atom. The van der Waals surface area contributed by atoms with Gasteiger partial charge in [0.25, 0.3) is 0 Å². The molecule has 2 aliphatic heterocycles. The summed E-state index contributed by atoms with van der Waals surface area (Å²) in [6.07, 6.45) is 8.92. The van der Waals surface area contributed by atoms with Crippen molar-refractivity contribution in [1.29, 1.82) is 0 Å². The number of para-hydroxylation sites is 2. The second kappa shape index (κ2) is 19.2. The highest BCUT2D eigenvalue weighted by Gasteiger charge is 2.45. The van der Waals surface area contributed by atoms with Crippen LogP contribution in [0.3, 0.4) is 0 Å². The van der Waals surface area contributed by atoms with Gasteiger partial charge in [-0.1, -0.05) is 98.0 Å². The van der Waals surface area contributed by atoms with E-state index in [2.05, 4.69) is 92.2 Å². The lowest BCUT2D eigenvalue weighted by molar-refractivity contribution is -0.135. The molecule has 8 aromatic rings. The van der Waals surface area contributed by atoms with Gasteiger partial charge in [0.15, 0.2) is 0 Å². The minimum absolute atomic E-state index is 0.162. The number of amides is 4. The SMILES string of the molecule is COC(=O)N[C@H](Cc1c[nH]c2ccccc12)C(=O)N1CCC[C@H]1c1ncc(-c2ccc(-c3ccc(-c4cnc([C@@H]5C[Si](C)(C)CN5C(=O)[C@@H](Cc5c[nH]c6ccccc56)NC(=O)OC)[nH]4)cc3)cc2)[nH]1. The topological polar surface area (TPSA) is 206 Å². The normalized spacial score (nSPS) is 17.4. The van der Waals surface area contributed by atoms with Crippen molar-refractivity contribution in [3.05, 3.63) is 145 Å². The summed E-state index contributed by atoms with van der Waals surface area (Å²) in [6, 6.07) is 31.0. The smallest absolute Gasteiger partial charge is 0.407 e. The first kappa shape index (κ1) is 45.8. The quantitative estimate of drug-likeness (QED) is 0.0615. The molecule has 16 nitrogen and oxygen atoms in total. The van der Waals surface area contributed by atoms with E-state index in [1.807, 2.05) is 83.1 Å². The van der Waals surface area contributed by atoms with Gasteiger partial charge in [0.05, 0.1) is 58.2 Å². The fourth-order valence-electron chi connectivity index (χ4n) is 10.3. The monoisotopic (exact) mass is 956 g/mol. The van der Waals surface area contributed by atoms with Gasteiger partial charge >= 0.3 is 12.2 Å². The number of hydrogen-bond acceptors (Lipinski definition) is 8. The number of H-pyrrole nitrogens is 4. The number of rotatable bonds is 13. The van der Waals surface area contributed by atoms with Gasteiger partial charge in [0, 0.05) is 59.8 Å². The van der Waals surface area contributed by atoms with Gasteiger partial charge in [-0.25, -0.2) is 19.6 Å². The molecular weight excluding hydrogens is 901 g/mol. The van der Waals surface area contributed by atoms with E-state index < -0.39 is 32.3 Å². The Labute approximate surface area is 405 Å². The summed E-state index contributed by atoms with van der Waals surface area (Å²) in [5.74, 6) is 1.08. The number of carbonyl (C=O) groups excluding carboxylic acids is 4. The van der Waals surface area contributed by atoms with Crippen molar-refractivity contribution in [2.75, 3.05) is 26.9 Å². The molecule has 4 amide bonds. The maximum atomic E-state index is 14.5. The Hall–Kier alpha value is -7.92. The van der Waals surface area contributed by atoms with Crippen molar-refractivity contribution >= 4 is 53.9 Å². The van der Waals surface area contributed by atoms with Crippen LogP contribution in [-0.2, 0) is 31.9 Å². The summed E-state index contributed by atoms with van der Waals surface area (Å²) in [6.45, 7) is 5.11. The first-order chi connectivity index (χ1) is 33.9. The number of nitrogens with zero attached hydrogens (tertiary/aromatic N) is 4. The van der Waals surface area contributed by atoms with Crippen LogP contribution >= 0.6 is 0 Å². The molecule has 4 aromatic carbocycles. The summed E-state index contributed by atoms with van der Waals surface area (Å²) in [7, 11) is 0.751. The molecule has 358 valence electrons. The fraction of sp³-hybridized carbons (Fsp3) is 0.283. The predicted molar refractivity (Wildman–Crippen MR) is 270 cm³/mol. The Balaban J connectivity index is 0.808. The third-order valence-corrected chi connectivity index (χ3v) is 16.5. The van der Waals surface area contributed by atoms with Crippen LogP contribution in [0.2, 0.25) is 19.1 Å². The summed E-state index contributed by atoms with van der Waals surface area (Å²) in [5.41, 5.74) is 9.50. The molecule has 2 fully saturated rings. The van der Waals surface area contributed by atoms with Crippen molar-refractivity contribution < 1.29 is 28.7 Å². The molecule has 0 saturated carbocycles. The van der Waals surface area contributed by atoms with Gasteiger partial charge in [-0.15, -0.1) is 0 Å². The summed E-state index contributed by atoms with van der Waals surface area (Å²) in [5, 5.41) is 7.63. The summed E-state index contributed by atoms with van der Waals surface area (Å²) >= 11 is 0. The second-order valence-corrected chi connectivity index (χ2v) is 24.1. The van der Waals surface area contributed by atoms with Crippen molar-refractivity contribution in [3.63, 3.8) is 0 Å². The Kier molecular flexibility index (Phi) is 12.6. The van der Waals surface area contributed by atoms with Crippen molar-refractivity contribution in [3.8, 4) is 33.6 Å². The van der Waals surface area contributed by atoms with Crippen LogP contribution < -0.4 is 10.6 Å². The Morgan fingerprint density at radius 3 is 1.60 bits per heavy atom. The number of fused-ring (bicyclic) bond motifs is 2. The van der Waals surface area contributed by atoms with E-state index in [0.29, 0.717) is 31.4 Å². The summed E-state index contributed by atoms with van der Waals surface area (Å²) in [4.78, 5) is 80.6. The van der Waals surface area contributed by atoms with Gasteiger partial charge in [-0.3, -0.25) is 9.59 Å². The van der Waals surface area contributed by atoms with Crippen LogP contribution in [0.15, 0.2) is 122 Å².